The molecule has 6 nitrogen and oxygen atoms in total. The minimum atomic E-state index is -0.113. The van der Waals surface area contributed by atoms with Gasteiger partial charge in [-0.15, -0.1) is 0 Å². The Bertz CT molecular complexity index is 981. The lowest BCUT2D eigenvalue weighted by atomic mass is 10.2. The van der Waals surface area contributed by atoms with E-state index < -0.39 is 0 Å². The third-order valence-corrected chi connectivity index (χ3v) is 5.08. The third kappa shape index (κ3) is 5.62. The maximum absolute atomic E-state index is 12.3. The molecule has 0 bridgehead atoms. The van der Waals surface area contributed by atoms with E-state index in [4.69, 9.17) is 25.5 Å². The number of hydrogen-bond acceptors (Lipinski definition) is 5. The van der Waals surface area contributed by atoms with Gasteiger partial charge in [0.25, 0.3) is 0 Å². The quantitative estimate of drug-likeness (QED) is 0.540. The number of oxazole rings is 1. The van der Waals surface area contributed by atoms with E-state index in [1.54, 1.807) is 18.3 Å². The van der Waals surface area contributed by atoms with Crippen LogP contribution in [0, 0.1) is 0 Å². The predicted octanol–water partition coefficient (Wildman–Crippen LogP) is 5.12. The summed E-state index contributed by atoms with van der Waals surface area (Å²) in [6.45, 7) is 1.33. The van der Waals surface area contributed by atoms with Gasteiger partial charge in [0, 0.05) is 41.8 Å². The van der Waals surface area contributed by atoms with Crippen molar-refractivity contribution in [3.8, 4) is 17.1 Å². The zero-order valence-electron chi connectivity index (χ0n) is 16.5. The van der Waals surface area contributed by atoms with Crippen LogP contribution in [-0.4, -0.2) is 30.2 Å². The van der Waals surface area contributed by atoms with E-state index in [9.17, 15) is 4.79 Å². The van der Waals surface area contributed by atoms with Gasteiger partial charge in [-0.1, -0.05) is 17.7 Å². The van der Waals surface area contributed by atoms with Crippen LogP contribution in [-0.2, 0) is 16.0 Å². The third-order valence-electron chi connectivity index (χ3n) is 4.83. The zero-order chi connectivity index (χ0) is 20.8. The van der Waals surface area contributed by atoms with E-state index in [-0.39, 0.29) is 18.4 Å². The molecule has 1 aliphatic heterocycles. The van der Waals surface area contributed by atoms with Crippen molar-refractivity contribution in [1.82, 2.24) is 4.98 Å². The molecule has 1 saturated heterocycles. The number of carbonyl (C=O) groups excluding carboxylic acids is 1. The Kier molecular flexibility index (Phi) is 6.67. The first-order valence-electron chi connectivity index (χ1n) is 10.0. The number of carbonyl (C=O) groups is 1. The molecule has 1 N–H and O–H groups in total. The first-order valence-corrected chi connectivity index (χ1v) is 10.4. The highest BCUT2D eigenvalue weighted by molar-refractivity contribution is 6.30. The van der Waals surface area contributed by atoms with Crippen LogP contribution in [0.3, 0.4) is 0 Å². The first kappa shape index (κ1) is 20.4. The number of aryl methyl sites for hydroxylation is 1. The summed E-state index contributed by atoms with van der Waals surface area (Å²) in [4.78, 5) is 16.6. The molecular formula is C23H23ClN2O4. The average molecular weight is 427 g/mol. The van der Waals surface area contributed by atoms with Gasteiger partial charge in [0.15, 0.2) is 11.7 Å². The number of rotatable bonds is 8. The number of ether oxygens (including phenoxy) is 2. The average Bonchev–Trinajstić information content (AvgIpc) is 3.44. The number of benzene rings is 2. The van der Waals surface area contributed by atoms with Gasteiger partial charge in [-0.3, -0.25) is 4.79 Å². The largest absolute Gasteiger partial charge is 0.491 e. The normalized spacial score (nSPS) is 15.8. The molecule has 4 rings (SSSR count). The monoisotopic (exact) mass is 426 g/mol. The van der Waals surface area contributed by atoms with Crippen LogP contribution in [0.4, 0.5) is 5.69 Å². The summed E-state index contributed by atoms with van der Waals surface area (Å²) in [5.41, 5.74) is 1.58. The fourth-order valence-corrected chi connectivity index (χ4v) is 3.37. The van der Waals surface area contributed by atoms with Crippen LogP contribution in [0.2, 0.25) is 5.02 Å². The Labute approximate surface area is 180 Å². The van der Waals surface area contributed by atoms with Crippen molar-refractivity contribution in [2.75, 3.05) is 18.5 Å². The van der Waals surface area contributed by atoms with Crippen molar-refractivity contribution in [1.29, 1.82) is 0 Å². The Morgan fingerprint density at radius 2 is 2.10 bits per heavy atom. The van der Waals surface area contributed by atoms with Crippen LogP contribution in [0.15, 0.2) is 59.1 Å². The fraction of sp³-hybridized carbons (Fsp3) is 0.304. The highest BCUT2D eigenvalue weighted by Gasteiger charge is 2.16. The van der Waals surface area contributed by atoms with Crippen LogP contribution in [0.1, 0.15) is 25.2 Å². The summed E-state index contributed by atoms with van der Waals surface area (Å²) in [6.07, 6.45) is 4.59. The second kappa shape index (κ2) is 9.78. The molecule has 2 aromatic carbocycles. The Morgan fingerprint density at radius 1 is 1.23 bits per heavy atom. The molecule has 1 amide bonds. The van der Waals surface area contributed by atoms with Crippen LogP contribution in [0.5, 0.6) is 5.75 Å². The lowest BCUT2D eigenvalue weighted by molar-refractivity contribution is -0.116. The second-order valence-corrected chi connectivity index (χ2v) is 7.58. The maximum Gasteiger partial charge on any atom is 0.224 e. The lowest BCUT2D eigenvalue weighted by Gasteiger charge is -2.12. The van der Waals surface area contributed by atoms with E-state index >= 15 is 0 Å². The summed E-state index contributed by atoms with van der Waals surface area (Å²) < 4.78 is 17.1. The molecule has 1 aromatic heterocycles. The van der Waals surface area contributed by atoms with Crippen LogP contribution >= 0.6 is 11.6 Å². The molecule has 0 saturated carbocycles. The highest BCUT2D eigenvalue weighted by atomic mass is 35.5. The molecule has 1 unspecified atom stereocenters. The molecule has 1 atom stereocenters. The Balaban J connectivity index is 1.26. The number of hydrogen-bond donors (Lipinski definition) is 1. The van der Waals surface area contributed by atoms with Crippen molar-refractivity contribution in [2.45, 2.75) is 31.8 Å². The van der Waals surface area contributed by atoms with Crippen LogP contribution in [0.25, 0.3) is 11.3 Å². The molecule has 156 valence electrons. The van der Waals surface area contributed by atoms with Crippen molar-refractivity contribution in [3.05, 3.63) is 65.6 Å². The van der Waals surface area contributed by atoms with Gasteiger partial charge in [-0.05, 0) is 49.2 Å². The summed E-state index contributed by atoms with van der Waals surface area (Å²) in [6, 6.07) is 14.7. The number of nitrogens with zero attached hydrogens (tertiary/aromatic N) is 1. The predicted molar refractivity (Wildman–Crippen MR) is 115 cm³/mol. The van der Waals surface area contributed by atoms with Gasteiger partial charge >= 0.3 is 0 Å². The van der Waals surface area contributed by atoms with Gasteiger partial charge < -0.3 is 19.2 Å². The summed E-state index contributed by atoms with van der Waals surface area (Å²) in [5, 5.41) is 3.55. The van der Waals surface area contributed by atoms with Gasteiger partial charge in [0.05, 0.1) is 12.3 Å². The standard InChI is InChI=1S/C23H23ClN2O4/c24-17-8-6-16(7-9-17)21-14-25-23(30-21)11-10-22(27)26-18-3-1-4-19(13-18)29-15-20-5-2-12-28-20/h1,3-4,6-9,13-14,20H,2,5,10-12,15H2,(H,26,27). The van der Waals surface area contributed by atoms with Gasteiger partial charge in [-0.25, -0.2) is 4.98 Å². The van der Waals surface area contributed by atoms with Crippen LogP contribution < -0.4 is 10.1 Å². The second-order valence-electron chi connectivity index (χ2n) is 7.15. The Morgan fingerprint density at radius 3 is 2.90 bits per heavy atom. The topological polar surface area (TPSA) is 73.6 Å². The lowest BCUT2D eigenvalue weighted by Crippen LogP contribution is -2.16. The smallest absolute Gasteiger partial charge is 0.224 e. The number of nitrogens with one attached hydrogen (secondary N) is 1. The number of halogens is 1. The van der Waals surface area contributed by atoms with E-state index in [1.807, 2.05) is 36.4 Å². The minimum absolute atomic E-state index is 0.113. The van der Waals surface area contributed by atoms with Crippen molar-refractivity contribution in [3.63, 3.8) is 0 Å². The van der Waals surface area contributed by atoms with E-state index in [1.165, 1.54) is 0 Å². The summed E-state index contributed by atoms with van der Waals surface area (Å²) >= 11 is 5.91. The van der Waals surface area contributed by atoms with E-state index in [0.29, 0.717) is 41.1 Å². The molecule has 3 aromatic rings. The van der Waals surface area contributed by atoms with Crippen molar-refractivity contribution in [2.24, 2.45) is 0 Å². The first-order chi connectivity index (χ1) is 14.7. The molecule has 0 radical (unpaired) electrons. The van der Waals surface area contributed by atoms with E-state index in [2.05, 4.69) is 10.3 Å². The molecule has 30 heavy (non-hydrogen) atoms. The van der Waals surface area contributed by atoms with Gasteiger partial charge in [-0.2, -0.15) is 0 Å². The SMILES string of the molecule is O=C(CCc1ncc(-c2ccc(Cl)cc2)o1)Nc1cccc(OCC2CCCO2)c1. The molecule has 0 spiro atoms. The van der Waals surface area contributed by atoms with Crippen molar-refractivity contribution >= 4 is 23.2 Å². The number of aromatic nitrogens is 1. The van der Waals surface area contributed by atoms with E-state index in [0.717, 1.165) is 25.0 Å². The molecule has 1 aliphatic rings. The zero-order valence-corrected chi connectivity index (χ0v) is 17.2. The number of anilines is 1. The molecule has 1 fully saturated rings. The van der Waals surface area contributed by atoms with Crippen molar-refractivity contribution < 1.29 is 18.7 Å². The Hall–Kier alpha value is -2.83. The molecular weight excluding hydrogens is 404 g/mol. The molecule has 7 heteroatoms. The summed E-state index contributed by atoms with van der Waals surface area (Å²) in [5.74, 6) is 1.77. The fourth-order valence-electron chi connectivity index (χ4n) is 3.25. The van der Waals surface area contributed by atoms with Gasteiger partial charge in [0.1, 0.15) is 12.4 Å². The molecule has 0 aliphatic carbocycles. The summed E-state index contributed by atoms with van der Waals surface area (Å²) in [7, 11) is 0. The minimum Gasteiger partial charge on any atom is -0.491 e. The van der Waals surface area contributed by atoms with Gasteiger partial charge in [0.2, 0.25) is 5.91 Å². The highest BCUT2D eigenvalue weighted by Crippen LogP contribution is 2.23. The molecule has 2 heterocycles. The maximum atomic E-state index is 12.3. The number of amides is 1.